The van der Waals surface area contributed by atoms with E-state index in [-0.39, 0.29) is 79.7 Å². The maximum atomic E-state index is 14.1. The summed E-state index contributed by atoms with van der Waals surface area (Å²) >= 11 is 0. The number of carboxylic acids is 1. The van der Waals surface area contributed by atoms with Gasteiger partial charge in [-0.15, -0.1) is 0 Å². The molecule has 0 saturated carbocycles. The van der Waals surface area contributed by atoms with Crippen LogP contribution in [0.1, 0.15) is 138 Å². The maximum absolute atomic E-state index is 14.1. The van der Waals surface area contributed by atoms with Crippen LogP contribution >= 0.6 is 0 Å². The van der Waals surface area contributed by atoms with Crippen molar-refractivity contribution in [3.8, 4) is 0 Å². The second kappa shape index (κ2) is 34.0. The van der Waals surface area contributed by atoms with Crippen molar-refractivity contribution in [3.05, 3.63) is 29.8 Å². The molecule has 0 aliphatic carbocycles. The molecule has 0 fully saturated rings. The first-order chi connectivity index (χ1) is 37.1. The Morgan fingerprint density at radius 3 is 1.56 bits per heavy atom. The maximum Gasteiger partial charge on any atom is 0.312 e. The SMILES string of the molecule is CC[C@H](NC(=O)[C@H](C)NC(=O)[C@H](CC(C)C)NC(=O)[C@H](CC(=O)O)NC(=O)CNC(=O)c1cccc(N=C(N)N)c1)C(=O)N[C@@H](CC(C)C)C(=O)N[C@@H](CCCNC(N)=O)C(=O)NC(C)(C)C(=O)N[C@@H](CC(C)C)C(=O)NC(C)C. The van der Waals surface area contributed by atoms with Crippen LogP contribution in [0.4, 0.5) is 10.5 Å². The number of primary amides is 1. The van der Waals surface area contributed by atoms with Gasteiger partial charge < -0.3 is 80.8 Å². The smallest absolute Gasteiger partial charge is 0.312 e. The van der Waals surface area contributed by atoms with Gasteiger partial charge in [0.25, 0.3) is 5.91 Å². The Hall–Kier alpha value is -8.07. The minimum atomic E-state index is -1.71. The van der Waals surface area contributed by atoms with Gasteiger partial charge in [-0.1, -0.05) is 54.5 Å². The van der Waals surface area contributed by atoms with Gasteiger partial charge in [0.05, 0.1) is 18.7 Å². The largest absolute Gasteiger partial charge is 0.481 e. The third-order valence-corrected chi connectivity index (χ3v) is 11.6. The molecule has 0 unspecified atom stereocenters. The zero-order valence-electron chi connectivity index (χ0n) is 48.0. The molecule has 12 amide bonds. The summed E-state index contributed by atoms with van der Waals surface area (Å²) in [6, 6.07) is -4.42. The number of rotatable bonds is 34. The first-order valence-electron chi connectivity index (χ1n) is 26.6. The number of carbonyl (C=O) groups is 12. The van der Waals surface area contributed by atoms with Crippen molar-refractivity contribution in [2.24, 2.45) is 39.9 Å². The molecule has 28 heteroatoms. The zero-order chi connectivity index (χ0) is 61.2. The summed E-state index contributed by atoms with van der Waals surface area (Å²) in [5.74, 6) is -10.0. The van der Waals surface area contributed by atoms with Crippen LogP contribution in [0.15, 0.2) is 29.3 Å². The molecular weight excluding hydrogens is 1040 g/mol. The third-order valence-electron chi connectivity index (χ3n) is 11.6. The second-order valence-corrected chi connectivity index (χ2v) is 21.5. The van der Waals surface area contributed by atoms with Crippen LogP contribution in [-0.2, 0) is 47.9 Å². The molecule has 0 heterocycles. The molecule has 7 atom stereocenters. The van der Waals surface area contributed by atoms with Crippen molar-refractivity contribution in [2.75, 3.05) is 13.1 Å². The highest BCUT2D eigenvalue weighted by Crippen LogP contribution is 2.15. The number of aliphatic carboxylic acids is 1. The quantitative estimate of drug-likeness (QED) is 0.0215. The van der Waals surface area contributed by atoms with Crippen molar-refractivity contribution < 1.29 is 62.6 Å². The van der Waals surface area contributed by atoms with Gasteiger partial charge in [0.2, 0.25) is 53.2 Å². The fourth-order valence-corrected chi connectivity index (χ4v) is 7.67. The standard InChI is InChI=1S/C52H87N15O13/c1-13-33(43(73)64-36(21-27(4)5)46(76)63-34(18-15-19-56-51(55)80)48(78)67-52(11,12)49(79)66-37(22-28(6)7)44(74)58-29(8)9)62-41(71)30(10)59-45(75)35(20-26(2)3)65-47(77)38(24-40(69)70)61-39(68)25-57-42(72)31-16-14-17-32(23-31)60-50(53)54/h14,16-17,23,26-30,33-38H,13,15,18-22,24-25H2,1-12H3,(H,57,72)(H,58,74)(H,59,75)(H,61,68)(H,62,71)(H,63,76)(H,64,73)(H,65,77)(H,66,79)(H,67,78)(H,69,70)(H4,53,54,60)(H3,55,56,80)/t30-,33-,34-,35-,36-,37-,38-/m0/s1. The van der Waals surface area contributed by atoms with Gasteiger partial charge in [-0.25, -0.2) is 9.79 Å². The molecule has 0 radical (unpaired) electrons. The van der Waals surface area contributed by atoms with E-state index in [1.807, 2.05) is 13.8 Å². The minimum Gasteiger partial charge on any atom is -0.481 e. The predicted octanol–water partition coefficient (Wildman–Crippen LogP) is -1.37. The van der Waals surface area contributed by atoms with Gasteiger partial charge in [-0.05, 0) is 109 Å². The highest BCUT2D eigenvalue weighted by molar-refractivity contribution is 6.00. The molecule has 0 aliphatic rings. The molecule has 0 aromatic heterocycles. The van der Waals surface area contributed by atoms with Crippen LogP contribution in [-0.4, -0.2) is 149 Å². The summed E-state index contributed by atoms with van der Waals surface area (Å²) in [6.45, 7) is 19.4. The van der Waals surface area contributed by atoms with E-state index in [0.29, 0.717) is 6.42 Å². The molecule has 0 spiro atoms. The average molecular weight is 1130 g/mol. The Balaban J connectivity index is 3.23. The molecule has 28 nitrogen and oxygen atoms in total. The van der Waals surface area contributed by atoms with E-state index >= 15 is 0 Å². The minimum absolute atomic E-state index is 0.000532. The molecule has 1 rings (SSSR count). The number of amides is 12. The Bertz CT molecular complexity index is 2370. The van der Waals surface area contributed by atoms with Crippen LogP contribution in [0.25, 0.3) is 0 Å². The Kier molecular flexibility index (Phi) is 29.8. The molecule has 0 saturated heterocycles. The van der Waals surface area contributed by atoms with Crippen molar-refractivity contribution in [3.63, 3.8) is 0 Å². The van der Waals surface area contributed by atoms with Gasteiger partial charge in [0, 0.05) is 18.2 Å². The number of nitrogens with zero attached hydrogens (tertiary/aromatic N) is 1. The molecule has 18 N–H and O–H groups in total. The van der Waals surface area contributed by atoms with Crippen molar-refractivity contribution >= 4 is 82.7 Å². The van der Waals surface area contributed by atoms with Crippen LogP contribution in [0, 0.1) is 17.8 Å². The first-order valence-corrected chi connectivity index (χ1v) is 26.6. The molecular formula is C52H87N15O13. The van der Waals surface area contributed by atoms with Crippen LogP contribution < -0.4 is 75.7 Å². The lowest BCUT2D eigenvalue weighted by Crippen LogP contribution is -2.63. The van der Waals surface area contributed by atoms with E-state index in [1.54, 1.807) is 48.5 Å². The number of carboxylic acid groups (broad SMARTS) is 1. The molecule has 0 bridgehead atoms. The van der Waals surface area contributed by atoms with Gasteiger partial charge in [-0.2, -0.15) is 0 Å². The van der Waals surface area contributed by atoms with E-state index in [4.69, 9.17) is 17.2 Å². The monoisotopic (exact) mass is 1130 g/mol. The number of nitrogens with two attached hydrogens (primary N) is 3. The van der Waals surface area contributed by atoms with E-state index < -0.39 is 132 Å². The van der Waals surface area contributed by atoms with Crippen molar-refractivity contribution in [2.45, 2.75) is 182 Å². The number of guanidine groups is 1. The number of hydrogen-bond donors (Lipinski definition) is 15. The molecule has 80 heavy (non-hydrogen) atoms. The van der Waals surface area contributed by atoms with Crippen LogP contribution in [0.2, 0.25) is 0 Å². The van der Waals surface area contributed by atoms with E-state index in [0.717, 1.165) is 0 Å². The fourth-order valence-electron chi connectivity index (χ4n) is 7.67. The lowest BCUT2D eigenvalue weighted by molar-refractivity contribution is -0.141. The predicted molar refractivity (Wildman–Crippen MR) is 297 cm³/mol. The van der Waals surface area contributed by atoms with Crippen molar-refractivity contribution in [1.82, 2.24) is 58.5 Å². The zero-order valence-corrected chi connectivity index (χ0v) is 48.0. The van der Waals surface area contributed by atoms with E-state index in [9.17, 15) is 62.6 Å². The van der Waals surface area contributed by atoms with Gasteiger partial charge >= 0.3 is 12.0 Å². The number of hydrogen-bond acceptors (Lipinski definition) is 13. The number of nitrogens with one attached hydrogen (secondary N) is 11. The molecule has 1 aromatic rings. The van der Waals surface area contributed by atoms with Gasteiger partial charge in [0.15, 0.2) is 5.96 Å². The summed E-state index contributed by atoms with van der Waals surface area (Å²) < 4.78 is 0. The number of urea groups is 1. The van der Waals surface area contributed by atoms with Crippen molar-refractivity contribution in [1.29, 1.82) is 0 Å². The summed E-state index contributed by atoms with van der Waals surface area (Å²) in [5.41, 5.74) is 14.7. The summed E-state index contributed by atoms with van der Waals surface area (Å²) in [4.78, 5) is 162. The topological polar surface area (TPSA) is 448 Å². The fraction of sp³-hybridized carbons (Fsp3) is 0.635. The normalized spacial score (nSPS) is 13.8. The highest BCUT2D eigenvalue weighted by atomic mass is 16.4. The number of aliphatic imine (C=N–C) groups is 1. The second-order valence-electron chi connectivity index (χ2n) is 21.5. The van der Waals surface area contributed by atoms with E-state index in [2.05, 4.69) is 63.5 Å². The molecule has 1 aromatic carbocycles. The molecule has 448 valence electrons. The molecule has 0 aliphatic heterocycles. The Morgan fingerprint density at radius 2 is 1.06 bits per heavy atom. The number of benzene rings is 1. The summed E-state index contributed by atoms with van der Waals surface area (Å²) in [6.07, 6.45) is -0.481. The van der Waals surface area contributed by atoms with E-state index in [1.165, 1.54) is 45.0 Å². The third kappa shape index (κ3) is 27.0. The summed E-state index contributed by atoms with van der Waals surface area (Å²) in [7, 11) is 0. The van der Waals surface area contributed by atoms with Gasteiger partial charge in [-0.3, -0.25) is 52.7 Å². The lowest BCUT2D eigenvalue weighted by atomic mass is 9.98. The lowest BCUT2D eigenvalue weighted by Gasteiger charge is -2.31. The first kappa shape index (κ1) is 69.9. The Labute approximate surface area is 467 Å². The summed E-state index contributed by atoms with van der Waals surface area (Å²) in [5, 5.41) is 37.6. The van der Waals surface area contributed by atoms with Crippen LogP contribution in [0.3, 0.4) is 0 Å². The average Bonchev–Trinajstić information content (AvgIpc) is 3.33. The van der Waals surface area contributed by atoms with Gasteiger partial charge in [0.1, 0.15) is 47.8 Å². The number of carbonyl (C=O) groups excluding carboxylic acids is 11. The van der Waals surface area contributed by atoms with Crippen LogP contribution in [0.5, 0.6) is 0 Å². The highest BCUT2D eigenvalue weighted by Gasteiger charge is 2.37. The Morgan fingerprint density at radius 1 is 0.575 bits per heavy atom.